The molecule has 0 fully saturated rings. The Labute approximate surface area is 158 Å². The third-order valence-corrected chi connectivity index (χ3v) is 3.96. The van der Waals surface area contributed by atoms with Crippen molar-refractivity contribution in [1.82, 2.24) is 10.6 Å². The first kappa shape index (κ1) is 22.3. The van der Waals surface area contributed by atoms with Crippen molar-refractivity contribution >= 4 is 5.96 Å². The summed E-state index contributed by atoms with van der Waals surface area (Å²) in [5.74, 6) is 1.65. The second-order valence-corrected chi connectivity index (χ2v) is 6.82. The van der Waals surface area contributed by atoms with Crippen LogP contribution < -0.4 is 15.4 Å². The predicted octanol–water partition coefficient (Wildman–Crippen LogP) is 2.89. The number of guanidine groups is 1. The van der Waals surface area contributed by atoms with Gasteiger partial charge in [0.25, 0.3) is 0 Å². The number of hydrogen-bond donors (Lipinski definition) is 2. The molecule has 148 valence electrons. The van der Waals surface area contributed by atoms with E-state index >= 15 is 0 Å². The van der Waals surface area contributed by atoms with Gasteiger partial charge in [0.05, 0.1) is 18.8 Å². The minimum absolute atomic E-state index is 0.254. The SMILES string of the molecule is CCNC(=NCc1ccc(C)cc1OCCCOC)NCC(C)(C)OC. The van der Waals surface area contributed by atoms with Gasteiger partial charge in [-0.3, -0.25) is 0 Å². The molecule has 26 heavy (non-hydrogen) atoms. The van der Waals surface area contributed by atoms with Crippen LogP contribution in [0.5, 0.6) is 5.75 Å². The molecule has 1 rings (SSSR count). The number of benzene rings is 1. The van der Waals surface area contributed by atoms with Crippen LogP contribution in [0.2, 0.25) is 0 Å². The van der Waals surface area contributed by atoms with E-state index in [0.717, 1.165) is 30.2 Å². The van der Waals surface area contributed by atoms with Gasteiger partial charge in [-0.05, 0) is 39.3 Å². The molecule has 0 amide bonds. The molecule has 0 saturated heterocycles. The second-order valence-electron chi connectivity index (χ2n) is 6.82. The minimum Gasteiger partial charge on any atom is -0.493 e. The van der Waals surface area contributed by atoms with Gasteiger partial charge < -0.3 is 24.8 Å². The van der Waals surface area contributed by atoms with E-state index in [-0.39, 0.29) is 5.60 Å². The number of methoxy groups -OCH3 is 2. The summed E-state index contributed by atoms with van der Waals surface area (Å²) in [6.07, 6.45) is 0.865. The molecule has 2 N–H and O–H groups in total. The molecule has 0 saturated carbocycles. The lowest BCUT2D eigenvalue weighted by Crippen LogP contribution is -2.45. The van der Waals surface area contributed by atoms with Gasteiger partial charge in [0.2, 0.25) is 0 Å². The number of rotatable bonds is 11. The highest BCUT2D eigenvalue weighted by atomic mass is 16.5. The number of nitrogens with zero attached hydrogens (tertiary/aromatic N) is 1. The highest BCUT2D eigenvalue weighted by molar-refractivity contribution is 5.79. The van der Waals surface area contributed by atoms with Gasteiger partial charge in [-0.2, -0.15) is 0 Å². The fraction of sp³-hybridized carbons (Fsp3) is 0.650. The highest BCUT2D eigenvalue weighted by Gasteiger charge is 2.16. The summed E-state index contributed by atoms with van der Waals surface area (Å²) in [5, 5.41) is 6.60. The maximum Gasteiger partial charge on any atom is 0.191 e. The van der Waals surface area contributed by atoms with E-state index in [1.54, 1.807) is 14.2 Å². The first-order chi connectivity index (χ1) is 12.4. The van der Waals surface area contributed by atoms with E-state index in [9.17, 15) is 0 Å². The van der Waals surface area contributed by atoms with Gasteiger partial charge in [0.1, 0.15) is 5.75 Å². The van der Waals surface area contributed by atoms with Crippen LogP contribution in [-0.2, 0) is 16.0 Å². The van der Waals surface area contributed by atoms with Crippen molar-refractivity contribution in [3.63, 3.8) is 0 Å². The lowest BCUT2D eigenvalue weighted by Gasteiger charge is -2.24. The van der Waals surface area contributed by atoms with Gasteiger partial charge in [0, 0.05) is 45.9 Å². The standard InChI is InChI=1S/C20H35N3O3/c1-7-21-19(23-15-20(3,4)25-6)22-14-17-10-9-16(2)13-18(17)26-12-8-11-24-5/h9-10,13H,7-8,11-12,14-15H2,1-6H3,(H2,21,22,23). The smallest absolute Gasteiger partial charge is 0.191 e. The highest BCUT2D eigenvalue weighted by Crippen LogP contribution is 2.21. The van der Waals surface area contributed by atoms with Crippen LogP contribution in [0.25, 0.3) is 0 Å². The first-order valence-electron chi connectivity index (χ1n) is 9.20. The Morgan fingerprint density at radius 2 is 1.92 bits per heavy atom. The average molecular weight is 366 g/mol. The molecule has 0 aliphatic heterocycles. The maximum atomic E-state index is 5.93. The molecule has 0 atom stereocenters. The summed E-state index contributed by atoms with van der Waals surface area (Å²) in [5.41, 5.74) is 1.98. The molecule has 0 radical (unpaired) electrons. The molecular formula is C20H35N3O3. The van der Waals surface area contributed by atoms with Crippen LogP contribution in [0.1, 0.15) is 38.3 Å². The Bertz CT molecular complexity index is 559. The molecule has 0 bridgehead atoms. The Hall–Kier alpha value is -1.79. The predicted molar refractivity (Wildman–Crippen MR) is 107 cm³/mol. The quantitative estimate of drug-likeness (QED) is 0.359. The van der Waals surface area contributed by atoms with Crippen molar-refractivity contribution in [3.05, 3.63) is 29.3 Å². The Morgan fingerprint density at radius 1 is 1.15 bits per heavy atom. The third-order valence-electron chi connectivity index (χ3n) is 3.96. The fourth-order valence-corrected chi connectivity index (χ4v) is 2.19. The van der Waals surface area contributed by atoms with E-state index in [4.69, 9.17) is 14.2 Å². The van der Waals surface area contributed by atoms with E-state index in [2.05, 4.69) is 47.7 Å². The number of nitrogens with one attached hydrogen (secondary N) is 2. The van der Waals surface area contributed by atoms with Gasteiger partial charge >= 0.3 is 0 Å². The number of ether oxygens (including phenoxy) is 3. The molecule has 0 heterocycles. The van der Waals surface area contributed by atoms with Crippen molar-refractivity contribution in [2.24, 2.45) is 4.99 Å². The summed E-state index contributed by atoms with van der Waals surface area (Å²) < 4.78 is 16.5. The first-order valence-corrected chi connectivity index (χ1v) is 9.20. The summed E-state index contributed by atoms with van der Waals surface area (Å²) >= 11 is 0. The van der Waals surface area contributed by atoms with Gasteiger partial charge in [-0.15, -0.1) is 0 Å². The van der Waals surface area contributed by atoms with Crippen molar-refractivity contribution in [2.75, 3.05) is 40.5 Å². The molecule has 1 aromatic rings. The van der Waals surface area contributed by atoms with Crippen molar-refractivity contribution in [3.8, 4) is 5.75 Å². The second kappa shape index (κ2) is 11.8. The van der Waals surface area contributed by atoms with Crippen LogP contribution >= 0.6 is 0 Å². The zero-order valence-electron chi connectivity index (χ0n) is 17.1. The van der Waals surface area contributed by atoms with Crippen LogP contribution in [0, 0.1) is 6.92 Å². The monoisotopic (exact) mass is 365 g/mol. The molecule has 6 heteroatoms. The average Bonchev–Trinajstić information content (AvgIpc) is 2.62. The Morgan fingerprint density at radius 3 is 2.58 bits per heavy atom. The largest absolute Gasteiger partial charge is 0.493 e. The van der Waals surface area contributed by atoms with Crippen molar-refractivity contribution in [2.45, 2.75) is 46.3 Å². The van der Waals surface area contributed by atoms with Crippen molar-refractivity contribution in [1.29, 1.82) is 0 Å². The third kappa shape index (κ3) is 8.54. The fourth-order valence-electron chi connectivity index (χ4n) is 2.19. The summed E-state index contributed by atoms with van der Waals surface area (Å²) in [7, 11) is 3.41. The van der Waals surface area contributed by atoms with E-state index in [1.165, 1.54) is 5.56 Å². The molecule has 0 aromatic heterocycles. The lowest BCUT2D eigenvalue weighted by atomic mass is 10.1. The Kier molecular flexibility index (Phi) is 10.1. The number of hydrogen-bond acceptors (Lipinski definition) is 4. The van der Waals surface area contributed by atoms with Gasteiger partial charge in [-0.25, -0.2) is 4.99 Å². The van der Waals surface area contributed by atoms with E-state index in [1.807, 2.05) is 13.8 Å². The molecule has 0 aliphatic rings. The van der Waals surface area contributed by atoms with Crippen LogP contribution in [-0.4, -0.2) is 52.1 Å². The molecular weight excluding hydrogens is 330 g/mol. The molecule has 0 unspecified atom stereocenters. The topological polar surface area (TPSA) is 64.1 Å². The van der Waals surface area contributed by atoms with Crippen LogP contribution in [0.4, 0.5) is 0 Å². The Balaban J connectivity index is 2.77. The maximum absolute atomic E-state index is 5.93. The molecule has 0 aliphatic carbocycles. The summed E-state index contributed by atoms with van der Waals surface area (Å²) in [6.45, 7) is 11.5. The minimum atomic E-state index is -0.254. The molecule has 6 nitrogen and oxygen atoms in total. The van der Waals surface area contributed by atoms with Gasteiger partial charge in [-0.1, -0.05) is 12.1 Å². The van der Waals surface area contributed by atoms with Crippen LogP contribution in [0.15, 0.2) is 23.2 Å². The molecule has 0 spiro atoms. The van der Waals surface area contributed by atoms with Crippen LogP contribution in [0.3, 0.4) is 0 Å². The zero-order chi connectivity index (χ0) is 19.4. The normalized spacial score (nSPS) is 12.2. The summed E-state index contributed by atoms with van der Waals surface area (Å²) in [4.78, 5) is 4.69. The lowest BCUT2D eigenvalue weighted by molar-refractivity contribution is 0.0268. The van der Waals surface area contributed by atoms with E-state index < -0.39 is 0 Å². The van der Waals surface area contributed by atoms with Gasteiger partial charge in [0.15, 0.2) is 5.96 Å². The number of aryl methyl sites for hydroxylation is 1. The van der Waals surface area contributed by atoms with Crippen molar-refractivity contribution < 1.29 is 14.2 Å². The zero-order valence-corrected chi connectivity index (χ0v) is 17.1. The summed E-state index contributed by atoms with van der Waals surface area (Å²) in [6, 6.07) is 6.22. The van der Waals surface area contributed by atoms with E-state index in [0.29, 0.717) is 26.3 Å². The number of aliphatic imine (C=N–C) groups is 1. The molecule has 1 aromatic carbocycles.